The number of benzene rings is 1. The van der Waals surface area contributed by atoms with Crippen molar-refractivity contribution < 1.29 is 0 Å². The number of thioether (sulfide) groups is 1. The Bertz CT molecular complexity index is 360. The van der Waals surface area contributed by atoms with Crippen LogP contribution in [0.2, 0.25) is 0 Å². The second-order valence-corrected chi connectivity index (χ2v) is 3.74. The van der Waals surface area contributed by atoms with Crippen molar-refractivity contribution in [3.05, 3.63) is 35.4 Å². The van der Waals surface area contributed by atoms with Gasteiger partial charge in [0.15, 0.2) is 0 Å². The SMILES string of the molecule is CSC/N=C(\C#N)c1ccc(C)cc1. The minimum Gasteiger partial charge on any atom is -0.263 e. The van der Waals surface area contributed by atoms with Gasteiger partial charge in [-0.05, 0) is 13.2 Å². The minimum absolute atomic E-state index is 0.513. The number of hydrogen-bond acceptors (Lipinski definition) is 3. The van der Waals surface area contributed by atoms with Crippen LogP contribution in [0.15, 0.2) is 29.3 Å². The van der Waals surface area contributed by atoms with Gasteiger partial charge in [-0.3, -0.25) is 4.99 Å². The largest absolute Gasteiger partial charge is 0.263 e. The average molecular weight is 204 g/mol. The number of aryl methyl sites for hydroxylation is 1. The van der Waals surface area contributed by atoms with E-state index in [2.05, 4.69) is 11.1 Å². The maximum absolute atomic E-state index is 8.89. The van der Waals surface area contributed by atoms with Crippen molar-refractivity contribution in [2.75, 3.05) is 12.1 Å². The van der Waals surface area contributed by atoms with Gasteiger partial charge in [0.05, 0.1) is 5.88 Å². The molecule has 0 spiro atoms. The fourth-order valence-electron chi connectivity index (χ4n) is 1.03. The lowest BCUT2D eigenvalue weighted by Crippen LogP contribution is -1.97. The van der Waals surface area contributed by atoms with Crippen molar-refractivity contribution in [2.24, 2.45) is 4.99 Å². The molecule has 3 heteroatoms. The summed E-state index contributed by atoms with van der Waals surface area (Å²) in [5, 5.41) is 8.89. The van der Waals surface area contributed by atoms with E-state index in [1.54, 1.807) is 11.8 Å². The molecule has 0 saturated carbocycles. The van der Waals surface area contributed by atoms with Crippen LogP contribution < -0.4 is 0 Å². The van der Waals surface area contributed by atoms with Crippen molar-refractivity contribution in [2.45, 2.75) is 6.92 Å². The Morgan fingerprint density at radius 3 is 2.57 bits per heavy atom. The van der Waals surface area contributed by atoms with E-state index in [-0.39, 0.29) is 0 Å². The Hall–Kier alpha value is -1.27. The van der Waals surface area contributed by atoms with Crippen molar-refractivity contribution in [3.63, 3.8) is 0 Å². The molecule has 1 rings (SSSR count). The van der Waals surface area contributed by atoms with Gasteiger partial charge in [-0.1, -0.05) is 29.8 Å². The van der Waals surface area contributed by atoms with E-state index in [1.807, 2.05) is 37.4 Å². The molecule has 0 radical (unpaired) electrons. The molecule has 0 aliphatic heterocycles. The molecule has 0 saturated heterocycles. The highest BCUT2D eigenvalue weighted by molar-refractivity contribution is 7.98. The molecule has 1 aromatic carbocycles. The highest BCUT2D eigenvalue weighted by Gasteiger charge is 2.00. The fraction of sp³-hybridized carbons (Fsp3) is 0.273. The first-order valence-corrected chi connectivity index (χ1v) is 5.68. The Kier molecular flexibility index (Phi) is 4.21. The third-order valence-electron chi connectivity index (χ3n) is 1.78. The smallest absolute Gasteiger partial charge is 0.143 e. The van der Waals surface area contributed by atoms with E-state index < -0.39 is 0 Å². The molecule has 0 N–H and O–H groups in total. The zero-order valence-electron chi connectivity index (χ0n) is 8.32. The summed E-state index contributed by atoms with van der Waals surface area (Å²) >= 11 is 1.60. The zero-order valence-corrected chi connectivity index (χ0v) is 9.14. The summed E-state index contributed by atoms with van der Waals surface area (Å²) in [6, 6.07) is 9.94. The highest BCUT2D eigenvalue weighted by Crippen LogP contribution is 2.05. The van der Waals surface area contributed by atoms with Crippen LogP contribution in [-0.2, 0) is 0 Å². The number of aliphatic imine (C=N–C) groups is 1. The lowest BCUT2D eigenvalue weighted by molar-refractivity contribution is 1.36. The average Bonchev–Trinajstić information content (AvgIpc) is 2.21. The molecule has 0 aliphatic carbocycles. The van der Waals surface area contributed by atoms with Gasteiger partial charge in [0.2, 0.25) is 0 Å². The predicted octanol–water partition coefficient (Wildman–Crippen LogP) is 2.63. The van der Waals surface area contributed by atoms with Crippen LogP contribution in [-0.4, -0.2) is 17.8 Å². The normalized spacial score (nSPS) is 11.1. The van der Waals surface area contributed by atoms with Crippen LogP contribution in [0, 0.1) is 18.3 Å². The van der Waals surface area contributed by atoms with Gasteiger partial charge < -0.3 is 0 Å². The van der Waals surface area contributed by atoms with Crippen LogP contribution in [0.1, 0.15) is 11.1 Å². The molecule has 0 aromatic heterocycles. The van der Waals surface area contributed by atoms with Crippen LogP contribution in [0.4, 0.5) is 0 Å². The summed E-state index contributed by atoms with van der Waals surface area (Å²) in [4.78, 5) is 4.18. The molecule has 0 bridgehead atoms. The molecule has 0 unspecified atom stereocenters. The van der Waals surface area contributed by atoms with Crippen molar-refractivity contribution >= 4 is 17.5 Å². The van der Waals surface area contributed by atoms with Crippen molar-refractivity contribution in [3.8, 4) is 6.07 Å². The molecule has 0 aliphatic rings. The Balaban J connectivity index is 2.91. The molecule has 0 fully saturated rings. The summed E-state index contributed by atoms with van der Waals surface area (Å²) in [5.74, 6) is 0.636. The zero-order chi connectivity index (χ0) is 10.4. The second kappa shape index (κ2) is 5.46. The van der Waals surface area contributed by atoms with Gasteiger partial charge in [0.25, 0.3) is 0 Å². The number of nitriles is 1. The van der Waals surface area contributed by atoms with Gasteiger partial charge in [0.1, 0.15) is 11.8 Å². The molecular weight excluding hydrogens is 192 g/mol. The van der Waals surface area contributed by atoms with Crippen molar-refractivity contribution in [1.29, 1.82) is 5.26 Å². The predicted molar refractivity (Wildman–Crippen MR) is 61.7 cm³/mol. The number of hydrogen-bond donors (Lipinski definition) is 0. The maximum Gasteiger partial charge on any atom is 0.143 e. The molecule has 14 heavy (non-hydrogen) atoms. The maximum atomic E-state index is 8.89. The van der Waals surface area contributed by atoms with Gasteiger partial charge in [-0.15, -0.1) is 11.8 Å². The lowest BCUT2D eigenvalue weighted by Gasteiger charge is -1.98. The summed E-state index contributed by atoms with van der Waals surface area (Å²) in [7, 11) is 0. The van der Waals surface area contributed by atoms with E-state index in [0.29, 0.717) is 11.6 Å². The van der Waals surface area contributed by atoms with E-state index >= 15 is 0 Å². The number of rotatable bonds is 3. The molecule has 0 amide bonds. The van der Waals surface area contributed by atoms with Gasteiger partial charge in [-0.2, -0.15) is 5.26 Å². The van der Waals surface area contributed by atoms with Crippen LogP contribution in [0.3, 0.4) is 0 Å². The van der Waals surface area contributed by atoms with Crippen molar-refractivity contribution in [1.82, 2.24) is 0 Å². The quantitative estimate of drug-likeness (QED) is 0.710. The molecule has 72 valence electrons. The Labute approximate surface area is 88.7 Å². The van der Waals surface area contributed by atoms with E-state index in [4.69, 9.17) is 5.26 Å². The Morgan fingerprint density at radius 2 is 2.07 bits per heavy atom. The van der Waals surface area contributed by atoms with Gasteiger partial charge in [0, 0.05) is 5.56 Å². The Morgan fingerprint density at radius 1 is 1.43 bits per heavy atom. The molecular formula is C11H12N2S. The molecule has 2 nitrogen and oxygen atoms in total. The van der Waals surface area contributed by atoms with Gasteiger partial charge >= 0.3 is 0 Å². The van der Waals surface area contributed by atoms with E-state index in [0.717, 1.165) is 5.56 Å². The van der Waals surface area contributed by atoms with E-state index in [1.165, 1.54) is 5.56 Å². The first-order chi connectivity index (χ1) is 6.77. The molecule has 0 atom stereocenters. The fourth-order valence-corrected chi connectivity index (χ4v) is 1.29. The minimum atomic E-state index is 0.513. The lowest BCUT2D eigenvalue weighted by atomic mass is 10.1. The third kappa shape index (κ3) is 2.90. The summed E-state index contributed by atoms with van der Waals surface area (Å²) in [6.45, 7) is 2.02. The summed E-state index contributed by atoms with van der Waals surface area (Å²) in [6.07, 6.45) is 1.97. The highest BCUT2D eigenvalue weighted by atomic mass is 32.2. The standard InChI is InChI=1S/C11H12N2S/c1-9-3-5-10(6-4-9)11(7-12)13-8-14-2/h3-6H,8H2,1-2H3/b13-11+. The summed E-state index contributed by atoms with van der Waals surface area (Å²) < 4.78 is 0. The van der Waals surface area contributed by atoms with Crippen LogP contribution in [0.5, 0.6) is 0 Å². The molecule has 0 heterocycles. The monoisotopic (exact) mass is 204 g/mol. The first-order valence-electron chi connectivity index (χ1n) is 4.28. The topological polar surface area (TPSA) is 36.1 Å². The number of nitrogens with zero attached hydrogens (tertiary/aromatic N) is 2. The summed E-state index contributed by atoms with van der Waals surface area (Å²) in [5.41, 5.74) is 2.60. The van der Waals surface area contributed by atoms with Crippen LogP contribution >= 0.6 is 11.8 Å². The van der Waals surface area contributed by atoms with Crippen LogP contribution in [0.25, 0.3) is 0 Å². The third-order valence-corrected chi connectivity index (χ3v) is 2.17. The first kappa shape index (κ1) is 10.8. The second-order valence-electron chi connectivity index (χ2n) is 2.90. The molecule has 1 aromatic rings. The van der Waals surface area contributed by atoms with Gasteiger partial charge in [-0.25, -0.2) is 0 Å². The van der Waals surface area contributed by atoms with E-state index in [9.17, 15) is 0 Å².